The summed E-state index contributed by atoms with van der Waals surface area (Å²) in [6.07, 6.45) is -0.784. The third kappa shape index (κ3) is 2.53. The van der Waals surface area contributed by atoms with Gasteiger partial charge >= 0.3 is 5.97 Å². The standard InChI is InChI=1S/C18H18O6/c1-9-15-12(7-10(24-9)8-14(19)23-3)17(20)11-5-4-6-13(22-2)16(11)18(15)21/h4-6,9-10H,7-8H2,1-3H3/t9-,10+/m1/s1. The normalized spacial score (nSPS) is 22.8. The van der Waals surface area contributed by atoms with Crippen LogP contribution in [0.1, 0.15) is 40.5 Å². The Balaban J connectivity index is 2.03. The van der Waals surface area contributed by atoms with E-state index < -0.39 is 18.2 Å². The van der Waals surface area contributed by atoms with Crippen molar-refractivity contribution in [2.24, 2.45) is 0 Å². The lowest BCUT2D eigenvalue weighted by molar-refractivity contribution is -0.144. The van der Waals surface area contributed by atoms with Crippen LogP contribution in [0.5, 0.6) is 5.75 Å². The average Bonchev–Trinajstić information content (AvgIpc) is 2.58. The van der Waals surface area contributed by atoms with Crippen molar-refractivity contribution < 1.29 is 28.6 Å². The number of ketones is 2. The highest BCUT2D eigenvalue weighted by atomic mass is 16.5. The number of fused-ring (bicyclic) bond motifs is 1. The van der Waals surface area contributed by atoms with E-state index in [1.165, 1.54) is 14.2 Å². The first kappa shape index (κ1) is 16.4. The largest absolute Gasteiger partial charge is 0.496 e. The number of rotatable bonds is 3. The molecule has 0 saturated carbocycles. The molecule has 1 aromatic rings. The maximum atomic E-state index is 12.9. The smallest absolute Gasteiger partial charge is 0.308 e. The van der Waals surface area contributed by atoms with Gasteiger partial charge < -0.3 is 14.2 Å². The third-order valence-electron chi connectivity index (χ3n) is 4.42. The van der Waals surface area contributed by atoms with E-state index in [9.17, 15) is 14.4 Å². The fourth-order valence-corrected chi connectivity index (χ4v) is 3.34. The Morgan fingerprint density at radius 1 is 1.25 bits per heavy atom. The first-order chi connectivity index (χ1) is 11.5. The fourth-order valence-electron chi connectivity index (χ4n) is 3.34. The molecule has 0 unspecified atom stereocenters. The van der Waals surface area contributed by atoms with Gasteiger partial charge in [-0.25, -0.2) is 0 Å². The Morgan fingerprint density at radius 2 is 2.00 bits per heavy atom. The molecule has 1 aliphatic heterocycles. The lowest BCUT2D eigenvalue weighted by Crippen LogP contribution is -2.38. The molecule has 2 aliphatic rings. The highest BCUT2D eigenvalue weighted by molar-refractivity contribution is 6.28. The lowest BCUT2D eigenvalue weighted by atomic mass is 9.78. The molecule has 126 valence electrons. The highest BCUT2D eigenvalue weighted by Gasteiger charge is 2.41. The van der Waals surface area contributed by atoms with Crippen molar-refractivity contribution in [3.63, 3.8) is 0 Å². The molecule has 1 aliphatic carbocycles. The van der Waals surface area contributed by atoms with Crippen LogP contribution in [0.3, 0.4) is 0 Å². The Morgan fingerprint density at radius 3 is 2.67 bits per heavy atom. The second kappa shape index (κ2) is 6.20. The summed E-state index contributed by atoms with van der Waals surface area (Å²) >= 11 is 0. The molecule has 0 radical (unpaired) electrons. The van der Waals surface area contributed by atoms with Crippen LogP contribution < -0.4 is 4.74 Å². The van der Waals surface area contributed by atoms with Crippen LogP contribution in [0.15, 0.2) is 29.3 Å². The molecule has 6 nitrogen and oxygen atoms in total. The number of benzene rings is 1. The molecule has 24 heavy (non-hydrogen) atoms. The van der Waals surface area contributed by atoms with Gasteiger partial charge in [-0.3, -0.25) is 14.4 Å². The molecule has 2 atom stereocenters. The van der Waals surface area contributed by atoms with E-state index >= 15 is 0 Å². The molecule has 0 bridgehead atoms. The van der Waals surface area contributed by atoms with E-state index in [0.29, 0.717) is 22.5 Å². The monoisotopic (exact) mass is 330 g/mol. The summed E-state index contributed by atoms with van der Waals surface area (Å²) in [4.78, 5) is 37.3. The minimum absolute atomic E-state index is 0.0457. The minimum Gasteiger partial charge on any atom is -0.496 e. The van der Waals surface area contributed by atoms with E-state index in [1.54, 1.807) is 25.1 Å². The predicted molar refractivity (Wildman–Crippen MR) is 84.3 cm³/mol. The number of methoxy groups -OCH3 is 2. The van der Waals surface area contributed by atoms with Gasteiger partial charge in [-0.2, -0.15) is 0 Å². The van der Waals surface area contributed by atoms with Crippen molar-refractivity contribution >= 4 is 17.5 Å². The number of hydrogen-bond donors (Lipinski definition) is 0. The summed E-state index contributed by atoms with van der Waals surface area (Å²) in [5, 5.41) is 0. The van der Waals surface area contributed by atoms with Gasteiger partial charge in [0.05, 0.1) is 38.4 Å². The first-order valence-electron chi connectivity index (χ1n) is 7.69. The number of esters is 1. The van der Waals surface area contributed by atoms with E-state index in [0.717, 1.165) is 0 Å². The van der Waals surface area contributed by atoms with Crippen LogP contribution in [0.4, 0.5) is 0 Å². The topological polar surface area (TPSA) is 78.9 Å². The molecule has 0 amide bonds. The van der Waals surface area contributed by atoms with Crippen LogP contribution in [0.25, 0.3) is 0 Å². The summed E-state index contributed by atoms with van der Waals surface area (Å²) in [7, 11) is 2.77. The van der Waals surface area contributed by atoms with Crippen LogP contribution in [-0.2, 0) is 14.3 Å². The quantitative estimate of drug-likeness (QED) is 0.790. The van der Waals surface area contributed by atoms with E-state index in [2.05, 4.69) is 4.74 Å². The Kier molecular flexibility index (Phi) is 4.24. The van der Waals surface area contributed by atoms with Crippen molar-refractivity contribution in [1.29, 1.82) is 0 Å². The van der Waals surface area contributed by atoms with Crippen molar-refractivity contribution in [3.8, 4) is 5.75 Å². The van der Waals surface area contributed by atoms with Gasteiger partial charge in [-0.05, 0) is 13.0 Å². The van der Waals surface area contributed by atoms with E-state index in [4.69, 9.17) is 9.47 Å². The van der Waals surface area contributed by atoms with Crippen LogP contribution in [0, 0.1) is 0 Å². The zero-order chi connectivity index (χ0) is 17.4. The van der Waals surface area contributed by atoms with Gasteiger partial charge in [-0.1, -0.05) is 12.1 Å². The van der Waals surface area contributed by atoms with Crippen LogP contribution >= 0.6 is 0 Å². The van der Waals surface area contributed by atoms with Gasteiger partial charge in [0.25, 0.3) is 0 Å². The van der Waals surface area contributed by atoms with Gasteiger partial charge in [0, 0.05) is 23.1 Å². The van der Waals surface area contributed by atoms with E-state index in [1.807, 2.05) is 0 Å². The zero-order valence-electron chi connectivity index (χ0n) is 13.8. The number of hydrogen-bond acceptors (Lipinski definition) is 6. The zero-order valence-corrected chi connectivity index (χ0v) is 13.8. The molecular formula is C18H18O6. The molecule has 6 heteroatoms. The Bertz CT molecular complexity index is 761. The number of carbonyl (C=O) groups is 3. The summed E-state index contributed by atoms with van der Waals surface area (Å²) in [5.74, 6) is -0.487. The van der Waals surface area contributed by atoms with Crippen LogP contribution in [0.2, 0.25) is 0 Å². The van der Waals surface area contributed by atoms with Gasteiger partial charge in [0.15, 0.2) is 11.6 Å². The molecule has 1 heterocycles. The molecule has 0 aromatic heterocycles. The molecule has 0 fully saturated rings. The molecule has 0 saturated heterocycles. The first-order valence-corrected chi connectivity index (χ1v) is 7.69. The number of Topliss-reactive ketones (excluding diaryl/α,β-unsaturated/α-hetero) is 2. The summed E-state index contributed by atoms with van der Waals surface area (Å²) < 4.78 is 15.7. The van der Waals surface area contributed by atoms with Crippen molar-refractivity contribution in [3.05, 3.63) is 40.5 Å². The molecule has 3 rings (SSSR count). The molecule has 0 spiro atoms. The summed E-state index contributed by atoms with van der Waals surface area (Å²) in [6.45, 7) is 1.71. The van der Waals surface area contributed by atoms with Gasteiger partial charge in [0.2, 0.25) is 0 Å². The average molecular weight is 330 g/mol. The summed E-state index contributed by atoms with van der Waals surface area (Å²) in [5.41, 5.74) is 1.40. The third-order valence-corrected chi connectivity index (χ3v) is 4.42. The highest BCUT2D eigenvalue weighted by Crippen LogP contribution is 2.39. The van der Waals surface area contributed by atoms with E-state index in [-0.39, 0.29) is 30.0 Å². The fraction of sp³-hybridized carbons (Fsp3) is 0.389. The molecule has 0 N–H and O–H groups in total. The van der Waals surface area contributed by atoms with Crippen molar-refractivity contribution in [2.75, 3.05) is 14.2 Å². The summed E-state index contributed by atoms with van der Waals surface area (Å²) in [6, 6.07) is 4.96. The van der Waals surface area contributed by atoms with Crippen molar-refractivity contribution in [1.82, 2.24) is 0 Å². The van der Waals surface area contributed by atoms with Crippen molar-refractivity contribution in [2.45, 2.75) is 32.0 Å². The van der Waals surface area contributed by atoms with Gasteiger partial charge in [-0.15, -0.1) is 0 Å². The maximum absolute atomic E-state index is 12.9. The maximum Gasteiger partial charge on any atom is 0.308 e. The van der Waals surface area contributed by atoms with Crippen LogP contribution in [-0.4, -0.2) is 44.0 Å². The number of ether oxygens (including phenoxy) is 3. The second-order valence-corrected chi connectivity index (χ2v) is 5.82. The minimum atomic E-state index is -0.571. The molecular weight excluding hydrogens is 312 g/mol. The molecule has 1 aromatic carbocycles. The SMILES string of the molecule is COC(=O)C[C@@H]1CC2=C(C(=O)c3c(OC)cccc3C2=O)[C@@H](C)O1. The predicted octanol–water partition coefficient (Wildman–Crippen LogP) is 2.11. The second-order valence-electron chi connectivity index (χ2n) is 5.82. The Labute approximate surface area is 139 Å². The van der Waals surface area contributed by atoms with Gasteiger partial charge in [0.1, 0.15) is 5.75 Å². The Hall–Kier alpha value is -2.47. The lowest BCUT2D eigenvalue weighted by Gasteiger charge is -2.34. The number of carbonyl (C=O) groups excluding carboxylic acids is 3.